The lowest BCUT2D eigenvalue weighted by molar-refractivity contribution is -0.152. The highest BCUT2D eigenvalue weighted by Gasteiger charge is 2.43. The normalized spacial score (nSPS) is 24.0. The fraction of sp³-hybridized carbons (Fsp3) is 0.875. The highest BCUT2D eigenvalue weighted by atomic mass is 16.4. The Morgan fingerprint density at radius 1 is 1.33 bits per heavy atom. The van der Waals surface area contributed by atoms with Gasteiger partial charge >= 0.3 is 12.0 Å². The third kappa shape index (κ3) is 4.35. The van der Waals surface area contributed by atoms with E-state index in [0.29, 0.717) is 31.8 Å². The van der Waals surface area contributed by atoms with Crippen molar-refractivity contribution < 1.29 is 14.7 Å². The number of hydrogen-bond acceptors (Lipinski definition) is 2. The second-order valence-corrected chi connectivity index (χ2v) is 6.57. The van der Waals surface area contributed by atoms with E-state index in [4.69, 9.17) is 0 Å². The number of nitrogens with one attached hydrogen (secondary N) is 1. The quantitative estimate of drug-likeness (QED) is 0.791. The molecule has 0 aromatic rings. The molecule has 1 saturated heterocycles. The van der Waals surface area contributed by atoms with Gasteiger partial charge in [0.2, 0.25) is 0 Å². The maximum atomic E-state index is 12.4. The van der Waals surface area contributed by atoms with Crippen molar-refractivity contribution in [1.29, 1.82) is 0 Å². The van der Waals surface area contributed by atoms with E-state index < -0.39 is 11.4 Å². The summed E-state index contributed by atoms with van der Waals surface area (Å²) in [7, 11) is 0. The highest BCUT2D eigenvalue weighted by molar-refractivity contribution is 5.79. The van der Waals surface area contributed by atoms with E-state index in [1.165, 1.54) is 0 Å². The Bertz CT molecular complexity index is 367. The molecule has 122 valence electrons. The molecule has 0 bridgehead atoms. The van der Waals surface area contributed by atoms with Crippen molar-refractivity contribution in [3.63, 3.8) is 0 Å². The summed E-state index contributed by atoms with van der Waals surface area (Å²) in [4.78, 5) is 25.8. The third-order valence-electron chi connectivity index (χ3n) is 4.60. The minimum Gasteiger partial charge on any atom is -0.481 e. The number of carbonyl (C=O) groups is 2. The second kappa shape index (κ2) is 7.66. The molecule has 1 fully saturated rings. The lowest BCUT2D eigenvalue weighted by atomic mass is 9.76. The van der Waals surface area contributed by atoms with Crippen LogP contribution in [0.15, 0.2) is 0 Å². The summed E-state index contributed by atoms with van der Waals surface area (Å²) in [5.41, 5.74) is -0.760. The van der Waals surface area contributed by atoms with Crippen LogP contribution in [0.1, 0.15) is 59.8 Å². The van der Waals surface area contributed by atoms with Gasteiger partial charge in [-0.3, -0.25) is 4.79 Å². The van der Waals surface area contributed by atoms with Crippen LogP contribution in [0, 0.1) is 11.3 Å². The van der Waals surface area contributed by atoms with Crippen LogP contribution in [-0.4, -0.2) is 41.1 Å². The minimum atomic E-state index is -0.766. The first-order chi connectivity index (χ1) is 9.86. The Labute approximate surface area is 128 Å². The average Bonchev–Trinajstić information content (AvgIpc) is 2.44. The summed E-state index contributed by atoms with van der Waals surface area (Å²) in [5, 5.41) is 12.6. The topological polar surface area (TPSA) is 69.6 Å². The number of carbonyl (C=O) groups excluding carboxylic acids is 1. The molecule has 2 N–H and O–H groups in total. The second-order valence-electron chi connectivity index (χ2n) is 6.57. The molecule has 2 unspecified atom stereocenters. The van der Waals surface area contributed by atoms with E-state index in [9.17, 15) is 14.7 Å². The van der Waals surface area contributed by atoms with Gasteiger partial charge in [0, 0.05) is 19.1 Å². The molecular formula is C16H30N2O3. The zero-order valence-corrected chi connectivity index (χ0v) is 13.8. The monoisotopic (exact) mass is 298 g/mol. The average molecular weight is 298 g/mol. The molecule has 1 heterocycles. The molecule has 1 rings (SSSR count). The van der Waals surface area contributed by atoms with Crippen molar-refractivity contribution in [3.05, 3.63) is 0 Å². The summed E-state index contributed by atoms with van der Waals surface area (Å²) in [6.45, 7) is 9.21. The van der Waals surface area contributed by atoms with Crippen LogP contribution < -0.4 is 5.32 Å². The largest absolute Gasteiger partial charge is 0.481 e. The molecule has 1 aliphatic rings. The Morgan fingerprint density at radius 3 is 2.48 bits per heavy atom. The Hall–Kier alpha value is -1.26. The van der Waals surface area contributed by atoms with Crippen molar-refractivity contribution in [2.24, 2.45) is 11.3 Å². The summed E-state index contributed by atoms with van der Waals surface area (Å²) in [5.74, 6) is -0.388. The molecule has 0 aliphatic carbocycles. The number of carboxylic acid groups (broad SMARTS) is 1. The molecule has 0 radical (unpaired) electrons. The van der Waals surface area contributed by atoms with Crippen LogP contribution in [-0.2, 0) is 4.79 Å². The number of urea groups is 1. The van der Waals surface area contributed by atoms with Crippen molar-refractivity contribution in [3.8, 4) is 0 Å². The van der Waals surface area contributed by atoms with Crippen molar-refractivity contribution in [1.82, 2.24) is 10.2 Å². The maximum Gasteiger partial charge on any atom is 0.317 e. The van der Waals surface area contributed by atoms with E-state index in [1.54, 1.807) is 4.90 Å². The fourth-order valence-corrected chi connectivity index (χ4v) is 3.26. The number of nitrogens with zero attached hydrogens (tertiary/aromatic N) is 1. The van der Waals surface area contributed by atoms with Crippen molar-refractivity contribution in [2.45, 2.75) is 65.8 Å². The molecule has 2 amide bonds. The molecule has 0 spiro atoms. The van der Waals surface area contributed by atoms with Gasteiger partial charge in [0.25, 0.3) is 0 Å². The van der Waals surface area contributed by atoms with Crippen LogP contribution in [0.2, 0.25) is 0 Å². The van der Waals surface area contributed by atoms with Gasteiger partial charge in [-0.25, -0.2) is 4.79 Å². The van der Waals surface area contributed by atoms with E-state index in [-0.39, 0.29) is 12.1 Å². The van der Waals surface area contributed by atoms with Crippen LogP contribution in [0.25, 0.3) is 0 Å². The zero-order chi connectivity index (χ0) is 16.0. The highest BCUT2D eigenvalue weighted by Crippen LogP contribution is 2.35. The predicted octanol–water partition coefficient (Wildman–Crippen LogP) is 3.10. The number of rotatable bonds is 6. The summed E-state index contributed by atoms with van der Waals surface area (Å²) in [6.07, 6.45) is 3.77. The molecule has 2 atom stereocenters. The van der Waals surface area contributed by atoms with Gasteiger partial charge < -0.3 is 15.3 Å². The number of amides is 2. The lowest BCUT2D eigenvalue weighted by Crippen LogP contribution is -2.54. The van der Waals surface area contributed by atoms with Crippen LogP contribution in [0.3, 0.4) is 0 Å². The number of carboxylic acids is 1. The molecule has 1 aliphatic heterocycles. The summed E-state index contributed by atoms with van der Waals surface area (Å²) < 4.78 is 0. The van der Waals surface area contributed by atoms with Gasteiger partial charge in [-0.05, 0) is 31.6 Å². The first kappa shape index (κ1) is 17.8. The number of hydrogen-bond donors (Lipinski definition) is 2. The summed E-state index contributed by atoms with van der Waals surface area (Å²) in [6, 6.07) is 0.0295. The van der Waals surface area contributed by atoms with Gasteiger partial charge in [0.1, 0.15) is 0 Å². The standard InChI is InChI=1S/C16H30N2O3/c1-5-8-16(14(19)20)9-7-10-18(11-16)15(21)17-13(6-2)12(3)4/h12-13H,5-11H2,1-4H3,(H,17,21)(H,19,20). The SMILES string of the molecule is CCCC1(C(=O)O)CCCN(C(=O)NC(CC)C(C)C)C1. The van der Waals surface area contributed by atoms with Crippen LogP contribution >= 0.6 is 0 Å². The fourth-order valence-electron chi connectivity index (χ4n) is 3.26. The van der Waals surface area contributed by atoms with Gasteiger partial charge in [0.05, 0.1) is 5.41 Å². The lowest BCUT2D eigenvalue weighted by Gasteiger charge is -2.40. The molecule has 0 saturated carbocycles. The Kier molecular flexibility index (Phi) is 6.49. The van der Waals surface area contributed by atoms with Gasteiger partial charge in [0.15, 0.2) is 0 Å². The van der Waals surface area contributed by atoms with Gasteiger partial charge in [-0.15, -0.1) is 0 Å². The smallest absolute Gasteiger partial charge is 0.317 e. The predicted molar refractivity (Wildman–Crippen MR) is 83.2 cm³/mol. The third-order valence-corrected chi connectivity index (χ3v) is 4.60. The Balaban J connectivity index is 2.74. The van der Waals surface area contributed by atoms with Gasteiger partial charge in [-0.2, -0.15) is 0 Å². The van der Waals surface area contributed by atoms with Crippen molar-refractivity contribution in [2.75, 3.05) is 13.1 Å². The molecule has 5 heteroatoms. The number of piperidine rings is 1. The van der Waals surface area contributed by atoms with E-state index >= 15 is 0 Å². The zero-order valence-electron chi connectivity index (χ0n) is 13.8. The maximum absolute atomic E-state index is 12.4. The molecule has 21 heavy (non-hydrogen) atoms. The van der Waals surface area contributed by atoms with Crippen molar-refractivity contribution >= 4 is 12.0 Å². The molecular weight excluding hydrogens is 268 g/mol. The Morgan fingerprint density at radius 2 is 2.00 bits per heavy atom. The first-order valence-corrected chi connectivity index (χ1v) is 8.15. The van der Waals surface area contributed by atoms with E-state index in [2.05, 4.69) is 26.1 Å². The minimum absolute atomic E-state index is 0.114. The van der Waals surface area contributed by atoms with E-state index in [0.717, 1.165) is 19.3 Å². The molecule has 0 aromatic heterocycles. The van der Waals surface area contributed by atoms with E-state index in [1.807, 2.05) is 6.92 Å². The number of likely N-dealkylation sites (tertiary alicyclic amines) is 1. The van der Waals surface area contributed by atoms with Crippen LogP contribution in [0.4, 0.5) is 4.79 Å². The summed E-state index contributed by atoms with van der Waals surface area (Å²) >= 11 is 0. The first-order valence-electron chi connectivity index (χ1n) is 8.15. The number of aliphatic carboxylic acids is 1. The van der Waals surface area contributed by atoms with Gasteiger partial charge in [-0.1, -0.05) is 34.1 Å². The van der Waals surface area contributed by atoms with Crippen LogP contribution in [0.5, 0.6) is 0 Å². The molecule has 0 aromatic carbocycles. The molecule has 5 nitrogen and oxygen atoms in total.